The van der Waals surface area contributed by atoms with Crippen LogP contribution in [0.4, 0.5) is 0 Å². The summed E-state index contributed by atoms with van der Waals surface area (Å²) in [5.41, 5.74) is 6.76. The molecule has 0 aromatic heterocycles. The Morgan fingerprint density at radius 3 is 2.58 bits per heavy atom. The number of aryl methyl sites for hydroxylation is 1. The molecule has 3 atom stereocenters. The highest BCUT2D eigenvalue weighted by atomic mass is 32.2. The lowest BCUT2D eigenvalue weighted by Gasteiger charge is -2.30. The smallest absolute Gasteiger partial charge is 0.328 e. The van der Waals surface area contributed by atoms with Crippen LogP contribution < -0.4 is 11.1 Å². The Kier molecular flexibility index (Phi) is 16.0. The molecule has 0 spiro atoms. The zero-order chi connectivity index (χ0) is 29.2. The molecule has 2 rings (SSSR count). The Balaban J connectivity index is 2.01. The van der Waals surface area contributed by atoms with Crippen molar-refractivity contribution < 1.29 is 33.8 Å². The van der Waals surface area contributed by atoms with Crippen molar-refractivity contribution in [1.29, 1.82) is 0 Å². The van der Waals surface area contributed by atoms with Gasteiger partial charge >= 0.3 is 11.9 Å². The van der Waals surface area contributed by atoms with Crippen LogP contribution in [0.1, 0.15) is 51.0 Å². The van der Waals surface area contributed by atoms with Gasteiger partial charge in [0.2, 0.25) is 5.91 Å². The molecule has 1 aliphatic heterocycles. The minimum Gasteiger partial charge on any atom is -0.465 e. The Morgan fingerprint density at radius 2 is 1.88 bits per heavy atom. The number of benzene rings is 1. The largest absolute Gasteiger partial charge is 0.465 e. The number of hydrogen-bond donors (Lipinski definition) is 2. The molecule has 1 aromatic rings. The van der Waals surface area contributed by atoms with Crippen LogP contribution in [0.2, 0.25) is 0 Å². The van der Waals surface area contributed by atoms with Crippen molar-refractivity contribution in [1.82, 2.24) is 10.2 Å². The zero-order valence-corrected chi connectivity index (χ0v) is 24.0. The molecule has 1 amide bonds. The maximum absolute atomic E-state index is 13.7. The number of carbonyl (C=O) groups is 3. The highest BCUT2D eigenvalue weighted by Gasteiger charge is 2.39. The summed E-state index contributed by atoms with van der Waals surface area (Å²) in [6.07, 6.45) is 4.15. The van der Waals surface area contributed by atoms with E-state index in [9.17, 15) is 24.5 Å². The third-order valence-corrected chi connectivity index (χ3v) is 7.40. The number of thioether (sulfide) groups is 1. The molecule has 0 aliphatic carbocycles. The molecular weight excluding hydrogens is 540 g/mol. The number of carbonyl (C=O) groups excluding carboxylic acids is 3. The van der Waals surface area contributed by atoms with Crippen molar-refractivity contribution in [3.63, 3.8) is 0 Å². The number of likely N-dealkylation sites (tertiary alicyclic amines) is 1. The summed E-state index contributed by atoms with van der Waals surface area (Å²) >= 11 is 1.37. The third kappa shape index (κ3) is 12.1. The highest BCUT2D eigenvalue weighted by molar-refractivity contribution is 7.99. The van der Waals surface area contributed by atoms with Crippen LogP contribution >= 0.6 is 11.8 Å². The van der Waals surface area contributed by atoms with Crippen molar-refractivity contribution in [2.75, 3.05) is 44.4 Å². The minimum absolute atomic E-state index is 0.0345. The first kappa shape index (κ1) is 33.3. The lowest BCUT2D eigenvalue weighted by Crippen LogP contribution is -2.54. The molecule has 3 N–H and O–H groups in total. The number of hydrogen-bond acceptors (Lipinski definition) is 11. The van der Waals surface area contributed by atoms with Crippen LogP contribution in [-0.4, -0.2) is 90.4 Å². The van der Waals surface area contributed by atoms with Crippen LogP contribution in [0.25, 0.3) is 0 Å². The maximum atomic E-state index is 13.7. The quantitative estimate of drug-likeness (QED) is 0.100. The number of unbranched alkanes of at least 4 members (excludes halogenated alkanes) is 1. The normalized spacial score (nSPS) is 16.2. The van der Waals surface area contributed by atoms with E-state index in [0.29, 0.717) is 63.1 Å². The van der Waals surface area contributed by atoms with Crippen molar-refractivity contribution in [2.24, 2.45) is 5.73 Å². The number of amides is 1. The molecule has 12 nitrogen and oxygen atoms in total. The van der Waals surface area contributed by atoms with Gasteiger partial charge in [-0.2, -0.15) is 11.8 Å². The number of ether oxygens (including phenoxy) is 2. The summed E-state index contributed by atoms with van der Waals surface area (Å²) in [6, 6.07) is 7.74. The zero-order valence-electron chi connectivity index (χ0n) is 23.2. The van der Waals surface area contributed by atoms with Crippen LogP contribution in [0.15, 0.2) is 30.3 Å². The molecule has 1 fully saturated rings. The molecule has 0 bridgehead atoms. The second-order valence-corrected chi connectivity index (χ2v) is 10.6. The Hall–Kier alpha value is -2.90. The van der Waals surface area contributed by atoms with Crippen LogP contribution in [-0.2, 0) is 35.1 Å². The predicted molar refractivity (Wildman–Crippen MR) is 151 cm³/mol. The summed E-state index contributed by atoms with van der Waals surface area (Å²) in [4.78, 5) is 55.4. The van der Waals surface area contributed by atoms with E-state index < -0.39 is 35.2 Å². The first-order valence-electron chi connectivity index (χ1n) is 13.9. The number of esters is 2. The molecule has 1 heterocycles. The molecule has 1 aliphatic rings. The van der Waals surface area contributed by atoms with Gasteiger partial charge in [0.25, 0.3) is 5.09 Å². The summed E-state index contributed by atoms with van der Waals surface area (Å²) in [5, 5.41) is 12.6. The van der Waals surface area contributed by atoms with Gasteiger partial charge in [-0.3, -0.25) is 14.9 Å². The van der Waals surface area contributed by atoms with E-state index in [1.807, 2.05) is 30.3 Å². The van der Waals surface area contributed by atoms with Gasteiger partial charge in [0.15, 0.2) is 0 Å². The molecule has 3 unspecified atom stereocenters. The summed E-state index contributed by atoms with van der Waals surface area (Å²) in [5.74, 6) is -0.265. The van der Waals surface area contributed by atoms with E-state index >= 15 is 0 Å². The average molecular weight is 583 g/mol. The summed E-state index contributed by atoms with van der Waals surface area (Å²) < 4.78 is 10.7. The molecule has 0 saturated carbocycles. The lowest BCUT2D eigenvalue weighted by atomic mass is 10.0. The van der Waals surface area contributed by atoms with E-state index in [0.717, 1.165) is 12.0 Å². The molecule has 0 radical (unpaired) electrons. The van der Waals surface area contributed by atoms with Crippen molar-refractivity contribution in [3.8, 4) is 0 Å². The van der Waals surface area contributed by atoms with Gasteiger partial charge in [0.1, 0.15) is 25.3 Å². The number of nitrogens with one attached hydrogen (secondary N) is 1. The third-order valence-electron chi connectivity index (χ3n) is 6.49. The molecule has 40 heavy (non-hydrogen) atoms. The first-order valence-corrected chi connectivity index (χ1v) is 15.0. The standard InChI is InChI=1S/C27H42N4O8S/c1-2-37-26(33)23(14-13-21-9-4-3-5-10-21)29-22(11-6-7-15-28)25(32)30-16-8-12-24(30)27(34)38-17-19-40-20-18-39-31(35)36/h3-5,9-10,22-24,29H,2,6-8,11-20,28H2,1H3. The van der Waals surface area contributed by atoms with E-state index in [4.69, 9.17) is 15.2 Å². The number of rotatable bonds is 20. The van der Waals surface area contributed by atoms with Crippen molar-refractivity contribution in [2.45, 2.75) is 70.0 Å². The van der Waals surface area contributed by atoms with Crippen LogP contribution in [0, 0.1) is 10.1 Å². The first-order chi connectivity index (χ1) is 19.4. The topological polar surface area (TPSA) is 163 Å². The van der Waals surface area contributed by atoms with Gasteiger partial charge < -0.3 is 24.9 Å². The fraction of sp³-hybridized carbons (Fsp3) is 0.667. The fourth-order valence-corrected chi connectivity index (χ4v) is 5.13. The molecule has 1 saturated heterocycles. The second kappa shape index (κ2) is 19.2. The summed E-state index contributed by atoms with van der Waals surface area (Å²) in [7, 11) is 0. The molecule has 224 valence electrons. The number of nitrogens with two attached hydrogens (primary N) is 1. The molecule has 1 aromatic carbocycles. The van der Waals surface area contributed by atoms with Gasteiger partial charge in [-0.05, 0) is 57.6 Å². The Morgan fingerprint density at radius 1 is 1.12 bits per heavy atom. The van der Waals surface area contributed by atoms with Crippen LogP contribution in [0.3, 0.4) is 0 Å². The van der Waals surface area contributed by atoms with E-state index in [-0.39, 0.29) is 25.7 Å². The maximum Gasteiger partial charge on any atom is 0.328 e. The van der Waals surface area contributed by atoms with E-state index in [1.54, 1.807) is 11.8 Å². The Labute approximate surface area is 239 Å². The van der Waals surface area contributed by atoms with Gasteiger partial charge in [-0.15, -0.1) is 10.1 Å². The van der Waals surface area contributed by atoms with E-state index in [1.165, 1.54) is 11.8 Å². The SMILES string of the molecule is CCOC(=O)C(CCc1ccccc1)NC(CCCCN)C(=O)N1CCCC1C(=O)OCCSCCO[N+](=O)[O-]. The number of nitrogens with zero attached hydrogens (tertiary/aromatic N) is 2. The van der Waals surface area contributed by atoms with Gasteiger partial charge in [0.05, 0.1) is 12.6 Å². The highest BCUT2D eigenvalue weighted by Crippen LogP contribution is 2.22. The van der Waals surface area contributed by atoms with Crippen molar-refractivity contribution in [3.05, 3.63) is 46.0 Å². The van der Waals surface area contributed by atoms with Gasteiger partial charge in [-0.1, -0.05) is 36.8 Å². The van der Waals surface area contributed by atoms with Crippen molar-refractivity contribution >= 4 is 29.6 Å². The van der Waals surface area contributed by atoms with E-state index in [2.05, 4.69) is 10.2 Å². The molecule has 13 heteroatoms. The average Bonchev–Trinajstić information content (AvgIpc) is 3.44. The predicted octanol–water partition coefficient (Wildman–Crippen LogP) is 2.11. The summed E-state index contributed by atoms with van der Waals surface area (Å²) in [6.45, 7) is 2.99. The fourth-order valence-electron chi connectivity index (χ4n) is 4.53. The molecular formula is C27H42N4O8S. The van der Waals surface area contributed by atoms with Gasteiger partial charge in [-0.25, -0.2) is 4.79 Å². The second-order valence-electron chi connectivity index (χ2n) is 9.36. The van der Waals surface area contributed by atoms with Gasteiger partial charge in [0, 0.05) is 18.1 Å². The Bertz CT molecular complexity index is 923. The lowest BCUT2D eigenvalue weighted by molar-refractivity contribution is -0.756. The monoisotopic (exact) mass is 582 g/mol. The minimum atomic E-state index is -0.845. The van der Waals surface area contributed by atoms with Crippen LogP contribution in [0.5, 0.6) is 0 Å².